The Balaban J connectivity index is 1.93. The third kappa shape index (κ3) is 4.50. The molecule has 1 aliphatic heterocycles. The number of nitrogens with zero attached hydrogens (tertiary/aromatic N) is 1. The Morgan fingerprint density at radius 1 is 0.964 bits per heavy atom. The lowest BCUT2D eigenvalue weighted by Crippen LogP contribution is -2.07. The van der Waals surface area contributed by atoms with Crippen LogP contribution in [-0.4, -0.2) is 23.8 Å². The minimum atomic E-state index is -0.589. The Morgan fingerprint density at radius 3 is 2.25 bits per heavy atom. The van der Waals surface area contributed by atoms with Crippen molar-refractivity contribution < 1.29 is 28.6 Å². The average molecular weight is 379 g/mol. The van der Waals surface area contributed by atoms with Crippen molar-refractivity contribution in [3.63, 3.8) is 0 Å². The van der Waals surface area contributed by atoms with Crippen LogP contribution in [0.1, 0.15) is 30.5 Å². The second kappa shape index (κ2) is 7.87. The molecular formula is C21H17NO6. The zero-order valence-corrected chi connectivity index (χ0v) is 15.5. The third-order valence-electron chi connectivity index (χ3n) is 3.70. The molecule has 0 amide bonds. The van der Waals surface area contributed by atoms with Crippen LogP contribution in [0.25, 0.3) is 6.08 Å². The first-order chi connectivity index (χ1) is 13.3. The number of aryl methyl sites for hydroxylation is 1. The van der Waals surface area contributed by atoms with Crippen LogP contribution in [0.2, 0.25) is 0 Å². The summed E-state index contributed by atoms with van der Waals surface area (Å²) in [5, 5.41) is 0. The normalized spacial score (nSPS) is 14.5. The summed E-state index contributed by atoms with van der Waals surface area (Å²) >= 11 is 0. The summed E-state index contributed by atoms with van der Waals surface area (Å²) in [6.45, 7) is 4.43. The van der Waals surface area contributed by atoms with E-state index >= 15 is 0 Å². The molecule has 0 saturated carbocycles. The predicted molar refractivity (Wildman–Crippen MR) is 101 cm³/mol. The van der Waals surface area contributed by atoms with E-state index in [9.17, 15) is 14.4 Å². The van der Waals surface area contributed by atoms with Gasteiger partial charge in [0, 0.05) is 19.4 Å². The van der Waals surface area contributed by atoms with Gasteiger partial charge in [0.15, 0.2) is 17.2 Å². The summed E-state index contributed by atoms with van der Waals surface area (Å²) < 4.78 is 15.3. The number of ether oxygens (including phenoxy) is 3. The van der Waals surface area contributed by atoms with Crippen molar-refractivity contribution in [3.05, 3.63) is 64.9 Å². The first kappa shape index (κ1) is 19.0. The van der Waals surface area contributed by atoms with Gasteiger partial charge in [0.1, 0.15) is 0 Å². The Morgan fingerprint density at radius 2 is 1.61 bits per heavy atom. The van der Waals surface area contributed by atoms with Gasteiger partial charge < -0.3 is 14.2 Å². The fourth-order valence-electron chi connectivity index (χ4n) is 2.47. The number of benzene rings is 2. The van der Waals surface area contributed by atoms with Crippen LogP contribution in [0.5, 0.6) is 11.5 Å². The summed E-state index contributed by atoms with van der Waals surface area (Å²) in [6, 6.07) is 12.0. The van der Waals surface area contributed by atoms with Crippen molar-refractivity contribution in [2.24, 2.45) is 4.99 Å². The Kier molecular flexibility index (Phi) is 5.35. The molecule has 0 spiro atoms. The zero-order chi connectivity index (χ0) is 20.3. The summed E-state index contributed by atoms with van der Waals surface area (Å²) in [5.74, 6) is -1.33. The van der Waals surface area contributed by atoms with E-state index in [0.29, 0.717) is 11.1 Å². The van der Waals surface area contributed by atoms with E-state index in [1.54, 1.807) is 6.07 Å². The number of cyclic esters (lactones) is 1. The number of carbonyl (C=O) groups excluding carboxylic acids is 3. The van der Waals surface area contributed by atoms with Crippen LogP contribution in [0.4, 0.5) is 0 Å². The first-order valence-corrected chi connectivity index (χ1v) is 8.42. The highest BCUT2D eigenvalue weighted by Crippen LogP contribution is 2.30. The van der Waals surface area contributed by atoms with E-state index in [0.717, 1.165) is 5.56 Å². The topological polar surface area (TPSA) is 91.3 Å². The number of rotatable bonds is 4. The second-order valence-corrected chi connectivity index (χ2v) is 6.10. The smallest absolute Gasteiger partial charge is 0.363 e. The minimum absolute atomic E-state index is 0.0613. The monoisotopic (exact) mass is 379 g/mol. The van der Waals surface area contributed by atoms with Gasteiger partial charge in [-0.3, -0.25) is 9.59 Å². The molecule has 0 unspecified atom stereocenters. The molecule has 28 heavy (non-hydrogen) atoms. The molecule has 7 heteroatoms. The van der Waals surface area contributed by atoms with E-state index in [-0.39, 0.29) is 23.1 Å². The van der Waals surface area contributed by atoms with Gasteiger partial charge in [0.2, 0.25) is 5.90 Å². The molecule has 1 heterocycles. The van der Waals surface area contributed by atoms with Crippen LogP contribution in [0.3, 0.4) is 0 Å². The molecule has 142 valence electrons. The van der Waals surface area contributed by atoms with Crippen LogP contribution in [0, 0.1) is 6.92 Å². The molecule has 3 rings (SSSR count). The van der Waals surface area contributed by atoms with Crippen molar-refractivity contribution in [3.8, 4) is 11.5 Å². The molecule has 1 aliphatic rings. The Bertz CT molecular complexity index is 1020. The van der Waals surface area contributed by atoms with Crippen molar-refractivity contribution in [2.45, 2.75) is 20.8 Å². The summed E-state index contributed by atoms with van der Waals surface area (Å²) in [6.07, 6.45) is 1.49. The zero-order valence-electron chi connectivity index (χ0n) is 15.5. The minimum Gasteiger partial charge on any atom is -0.423 e. The standard InChI is InChI=1S/C21H17NO6/c1-12-4-7-16(8-5-12)20-22-17(21(25)28-20)10-15-6-9-18(26-13(2)23)19(11-15)27-14(3)24/h4-11H,1-3H3/b17-10+. The maximum atomic E-state index is 12.1. The molecule has 0 saturated heterocycles. The van der Waals surface area contributed by atoms with Gasteiger partial charge >= 0.3 is 17.9 Å². The van der Waals surface area contributed by atoms with Gasteiger partial charge in [0.25, 0.3) is 0 Å². The van der Waals surface area contributed by atoms with Crippen LogP contribution in [0.15, 0.2) is 53.2 Å². The number of hydrogen-bond donors (Lipinski definition) is 0. The highest BCUT2D eigenvalue weighted by Gasteiger charge is 2.24. The highest BCUT2D eigenvalue weighted by molar-refractivity contribution is 6.12. The Labute approximate surface area is 161 Å². The van der Waals surface area contributed by atoms with Gasteiger partial charge in [-0.1, -0.05) is 23.8 Å². The van der Waals surface area contributed by atoms with Crippen molar-refractivity contribution in [1.82, 2.24) is 0 Å². The molecule has 0 fully saturated rings. The average Bonchev–Trinajstić information content (AvgIpc) is 2.97. The number of hydrogen-bond acceptors (Lipinski definition) is 7. The maximum absolute atomic E-state index is 12.1. The SMILES string of the molecule is CC(=O)Oc1ccc(/C=C2/N=C(c3ccc(C)cc3)OC2=O)cc1OC(C)=O. The second-order valence-electron chi connectivity index (χ2n) is 6.10. The van der Waals surface area contributed by atoms with Gasteiger partial charge in [-0.05, 0) is 42.8 Å². The predicted octanol–water partition coefficient (Wildman–Crippen LogP) is 3.19. The van der Waals surface area contributed by atoms with Crippen LogP contribution < -0.4 is 9.47 Å². The summed E-state index contributed by atoms with van der Waals surface area (Å²) in [5.41, 5.74) is 2.39. The van der Waals surface area contributed by atoms with Gasteiger partial charge in [-0.2, -0.15) is 0 Å². The molecule has 2 aromatic carbocycles. The number of esters is 3. The highest BCUT2D eigenvalue weighted by atomic mass is 16.6. The third-order valence-corrected chi connectivity index (χ3v) is 3.70. The molecule has 0 N–H and O–H groups in total. The van der Waals surface area contributed by atoms with E-state index in [2.05, 4.69) is 4.99 Å². The first-order valence-electron chi connectivity index (χ1n) is 8.42. The lowest BCUT2D eigenvalue weighted by atomic mass is 10.1. The van der Waals surface area contributed by atoms with Crippen molar-refractivity contribution >= 4 is 29.9 Å². The molecule has 0 radical (unpaired) electrons. The molecule has 0 atom stereocenters. The van der Waals surface area contributed by atoms with Crippen molar-refractivity contribution in [2.75, 3.05) is 0 Å². The Hall–Kier alpha value is -3.74. The molecule has 0 aromatic heterocycles. The molecule has 2 aromatic rings. The molecule has 7 nitrogen and oxygen atoms in total. The van der Waals surface area contributed by atoms with E-state index in [1.807, 2.05) is 31.2 Å². The van der Waals surface area contributed by atoms with E-state index < -0.39 is 17.9 Å². The van der Waals surface area contributed by atoms with Crippen molar-refractivity contribution in [1.29, 1.82) is 0 Å². The van der Waals surface area contributed by atoms with Crippen LogP contribution >= 0.6 is 0 Å². The van der Waals surface area contributed by atoms with E-state index in [1.165, 1.54) is 32.1 Å². The summed E-state index contributed by atoms with van der Waals surface area (Å²) in [4.78, 5) is 38.9. The van der Waals surface area contributed by atoms with Gasteiger partial charge in [0.05, 0.1) is 0 Å². The largest absolute Gasteiger partial charge is 0.423 e. The fraction of sp³-hybridized carbons (Fsp3) is 0.143. The van der Waals surface area contributed by atoms with Crippen LogP contribution in [-0.2, 0) is 19.1 Å². The quantitative estimate of drug-likeness (QED) is 0.460. The lowest BCUT2D eigenvalue weighted by Gasteiger charge is -2.09. The molecular weight excluding hydrogens is 362 g/mol. The number of carbonyl (C=O) groups is 3. The lowest BCUT2D eigenvalue weighted by molar-refractivity contribution is -0.134. The fourth-order valence-corrected chi connectivity index (χ4v) is 2.47. The van der Waals surface area contributed by atoms with Gasteiger partial charge in [-0.25, -0.2) is 9.79 Å². The molecule has 0 aliphatic carbocycles. The van der Waals surface area contributed by atoms with E-state index in [4.69, 9.17) is 14.2 Å². The maximum Gasteiger partial charge on any atom is 0.363 e. The number of aliphatic imine (C=N–C) groups is 1. The molecule has 0 bridgehead atoms. The van der Waals surface area contributed by atoms with Gasteiger partial charge in [-0.15, -0.1) is 0 Å². The summed E-state index contributed by atoms with van der Waals surface area (Å²) in [7, 11) is 0.